The van der Waals surface area contributed by atoms with E-state index in [4.69, 9.17) is 5.11 Å². The van der Waals surface area contributed by atoms with Crippen LogP contribution in [-0.4, -0.2) is 29.2 Å². The minimum atomic E-state index is 0.316. The van der Waals surface area contributed by atoms with E-state index < -0.39 is 0 Å². The van der Waals surface area contributed by atoms with Crippen molar-refractivity contribution in [2.24, 2.45) is 5.92 Å². The predicted octanol–water partition coefficient (Wildman–Crippen LogP) is 2.67. The lowest BCUT2D eigenvalue weighted by Crippen LogP contribution is -2.34. The Kier molecular flexibility index (Phi) is 4.57. The van der Waals surface area contributed by atoms with Crippen LogP contribution in [0.2, 0.25) is 0 Å². The molecule has 0 aliphatic carbocycles. The number of aliphatic hydroxyl groups is 1. The molecule has 2 atom stereocenters. The molecule has 1 heterocycles. The number of hydrogen-bond acceptors (Lipinski definition) is 2. The molecule has 1 aromatic carbocycles. The molecule has 1 aliphatic rings. The van der Waals surface area contributed by atoms with Gasteiger partial charge in [-0.15, -0.1) is 0 Å². The normalized spacial score (nSPS) is 22.8. The Morgan fingerprint density at radius 1 is 1.35 bits per heavy atom. The SMILES string of the molecule is CC(CCO)C1CCCN1Cc1ccccc1. The summed E-state index contributed by atoms with van der Waals surface area (Å²) in [6.07, 6.45) is 3.51. The molecular weight excluding hydrogens is 210 g/mol. The van der Waals surface area contributed by atoms with Crippen LogP contribution in [0.4, 0.5) is 0 Å². The summed E-state index contributed by atoms with van der Waals surface area (Å²) in [7, 11) is 0. The van der Waals surface area contributed by atoms with Crippen LogP contribution in [0.1, 0.15) is 31.7 Å². The van der Waals surface area contributed by atoms with Gasteiger partial charge in [-0.3, -0.25) is 4.90 Å². The van der Waals surface area contributed by atoms with Gasteiger partial charge in [-0.05, 0) is 37.3 Å². The lowest BCUT2D eigenvalue weighted by molar-refractivity contribution is 0.161. The van der Waals surface area contributed by atoms with Crippen LogP contribution in [0, 0.1) is 5.92 Å². The molecule has 2 heteroatoms. The molecule has 1 saturated heterocycles. The standard InChI is InChI=1S/C15H23NO/c1-13(9-11-17)15-8-5-10-16(15)12-14-6-3-2-4-7-14/h2-4,6-7,13,15,17H,5,8-12H2,1H3. The van der Waals surface area contributed by atoms with E-state index in [-0.39, 0.29) is 0 Å². The van der Waals surface area contributed by atoms with Crippen LogP contribution in [0.3, 0.4) is 0 Å². The fourth-order valence-electron chi connectivity index (χ4n) is 2.91. The number of aliphatic hydroxyl groups excluding tert-OH is 1. The van der Waals surface area contributed by atoms with E-state index in [1.54, 1.807) is 0 Å². The average Bonchev–Trinajstić information content (AvgIpc) is 2.79. The molecule has 0 saturated carbocycles. The molecule has 2 nitrogen and oxygen atoms in total. The van der Waals surface area contributed by atoms with Crippen molar-refractivity contribution in [3.63, 3.8) is 0 Å². The lowest BCUT2D eigenvalue weighted by Gasteiger charge is -2.29. The summed E-state index contributed by atoms with van der Waals surface area (Å²) in [6.45, 7) is 4.84. The van der Waals surface area contributed by atoms with Crippen molar-refractivity contribution in [2.75, 3.05) is 13.2 Å². The zero-order valence-corrected chi connectivity index (χ0v) is 10.7. The van der Waals surface area contributed by atoms with E-state index in [9.17, 15) is 0 Å². The van der Waals surface area contributed by atoms with Crippen molar-refractivity contribution in [1.29, 1.82) is 0 Å². The van der Waals surface area contributed by atoms with Crippen LogP contribution in [0.25, 0.3) is 0 Å². The average molecular weight is 233 g/mol. The van der Waals surface area contributed by atoms with Crippen LogP contribution >= 0.6 is 0 Å². The number of likely N-dealkylation sites (tertiary alicyclic amines) is 1. The fourth-order valence-corrected chi connectivity index (χ4v) is 2.91. The van der Waals surface area contributed by atoms with Gasteiger partial charge in [-0.25, -0.2) is 0 Å². The third-order valence-corrected chi connectivity index (χ3v) is 3.88. The monoisotopic (exact) mass is 233 g/mol. The second-order valence-electron chi connectivity index (χ2n) is 5.16. The summed E-state index contributed by atoms with van der Waals surface area (Å²) in [5, 5.41) is 9.05. The maximum atomic E-state index is 9.05. The first kappa shape index (κ1) is 12.6. The van der Waals surface area contributed by atoms with Gasteiger partial charge in [-0.1, -0.05) is 37.3 Å². The van der Waals surface area contributed by atoms with E-state index in [1.807, 2.05) is 0 Å². The van der Waals surface area contributed by atoms with Crippen molar-refractivity contribution < 1.29 is 5.11 Å². The van der Waals surface area contributed by atoms with E-state index >= 15 is 0 Å². The Morgan fingerprint density at radius 3 is 2.82 bits per heavy atom. The van der Waals surface area contributed by atoms with Crippen LogP contribution in [0.15, 0.2) is 30.3 Å². The van der Waals surface area contributed by atoms with E-state index in [0.717, 1.165) is 13.0 Å². The molecule has 17 heavy (non-hydrogen) atoms. The predicted molar refractivity (Wildman–Crippen MR) is 70.7 cm³/mol. The molecule has 94 valence electrons. The Labute approximate surface area is 104 Å². The number of nitrogens with zero attached hydrogens (tertiary/aromatic N) is 1. The highest BCUT2D eigenvalue weighted by Crippen LogP contribution is 2.27. The molecule has 1 fully saturated rings. The zero-order chi connectivity index (χ0) is 12.1. The van der Waals surface area contributed by atoms with Crippen LogP contribution in [-0.2, 0) is 6.54 Å². The molecule has 0 radical (unpaired) electrons. The van der Waals surface area contributed by atoms with Gasteiger partial charge in [0, 0.05) is 19.2 Å². The van der Waals surface area contributed by atoms with Crippen molar-refractivity contribution in [2.45, 2.75) is 38.8 Å². The quantitative estimate of drug-likeness (QED) is 0.845. The second-order valence-corrected chi connectivity index (χ2v) is 5.16. The van der Waals surface area contributed by atoms with Gasteiger partial charge >= 0.3 is 0 Å². The second kappa shape index (κ2) is 6.18. The molecule has 0 bridgehead atoms. The van der Waals surface area contributed by atoms with Crippen molar-refractivity contribution in [3.05, 3.63) is 35.9 Å². The maximum absolute atomic E-state index is 9.05. The van der Waals surface area contributed by atoms with Gasteiger partial charge in [0.25, 0.3) is 0 Å². The summed E-state index contributed by atoms with van der Waals surface area (Å²) >= 11 is 0. The van der Waals surface area contributed by atoms with Crippen molar-refractivity contribution >= 4 is 0 Å². The molecule has 2 unspecified atom stereocenters. The van der Waals surface area contributed by atoms with Gasteiger partial charge in [0.2, 0.25) is 0 Å². The smallest absolute Gasteiger partial charge is 0.0434 e. The molecule has 1 N–H and O–H groups in total. The van der Waals surface area contributed by atoms with Gasteiger partial charge in [-0.2, -0.15) is 0 Å². The topological polar surface area (TPSA) is 23.5 Å². The number of benzene rings is 1. The Balaban J connectivity index is 1.95. The Bertz CT molecular complexity index is 325. The van der Waals surface area contributed by atoms with Gasteiger partial charge in [0.1, 0.15) is 0 Å². The minimum absolute atomic E-state index is 0.316. The zero-order valence-electron chi connectivity index (χ0n) is 10.7. The maximum Gasteiger partial charge on any atom is 0.0434 e. The molecule has 0 aromatic heterocycles. The molecular formula is C15H23NO. The van der Waals surface area contributed by atoms with Crippen molar-refractivity contribution in [3.8, 4) is 0 Å². The Morgan fingerprint density at radius 2 is 2.12 bits per heavy atom. The molecule has 0 amide bonds. The van der Waals surface area contributed by atoms with Crippen molar-refractivity contribution in [1.82, 2.24) is 4.90 Å². The first-order valence-corrected chi connectivity index (χ1v) is 6.70. The number of hydrogen-bond donors (Lipinski definition) is 1. The van der Waals surface area contributed by atoms with Crippen LogP contribution in [0.5, 0.6) is 0 Å². The Hall–Kier alpha value is -0.860. The van der Waals surface area contributed by atoms with Crippen LogP contribution < -0.4 is 0 Å². The third kappa shape index (κ3) is 3.30. The van der Waals surface area contributed by atoms with Gasteiger partial charge in [0.15, 0.2) is 0 Å². The summed E-state index contributed by atoms with van der Waals surface area (Å²) in [5.74, 6) is 0.603. The largest absolute Gasteiger partial charge is 0.396 e. The molecule has 0 spiro atoms. The summed E-state index contributed by atoms with van der Waals surface area (Å²) in [5.41, 5.74) is 1.40. The fraction of sp³-hybridized carbons (Fsp3) is 0.600. The minimum Gasteiger partial charge on any atom is -0.396 e. The number of rotatable bonds is 5. The summed E-state index contributed by atoms with van der Waals surface area (Å²) < 4.78 is 0. The highest BCUT2D eigenvalue weighted by molar-refractivity contribution is 5.14. The van der Waals surface area contributed by atoms with Gasteiger partial charge < -0.3 is 5.11 Å². The first-order valence-electron chi connectivity index (χ1n) is 6.70. The van der Waals surface area contributed by atoms with E-state index in [1.165, 1.54) is 24.9 Å². The highest BCUT2D eigenvalue weighted by Gasteiger charge is 2.28. The highest BCUT2D eigenvalue weighted by atomic mass is 16.3. The molecule has 1 aromatic rings. The van der Waals surface area contributed by atoms with E-state index in [2.05, 4.69) is 42.2 Å². The summed E-state index contributed by atoms with van der Waals surface area (Å²) in [4.78, 5) is 2.58. The molecule has 1 aliphatic heterocycles. The molecule has 2 rings (SSSR count). The first-order chi connectivity index (χ1) is 8.31. The third-order valence-electron chi connectivity index (χ3n) is 3.88. The van der Waals surface area contributed by atoms with Gasteiger partial charge in [0.05, 0.1) is 0 Å². The lowest BCUT2D eigenvalue weighted by atomic mass is 9.96. The van der Waals surface area contributed by atoms with E-state index in [0.29, 0.717) is 18.6 Å². The summed E-state index contributed by atoms with van der Waals surface area (Å²) in [6, 6.07) is 11.3.